The summed E-state index contributed by atoms with van der Waals surface area (Å²) in [5, 5.41) is 6.25. The van der Waals surface area contributed by atoms with Crippen LogP contribution < -0.4 is 14.8 Å². The molecule has 4 rings (SSSR count). The molecule has 27 heavy (non-hydrogen) atoms. The minimum atomic E-state index is 0.163. The first kappa shape index (κ1) is 17.9. The molecule has 1 saturated carbocycles. The monoisotopic (exact) mass is 361 g/mol. The summed E-state index contributed by atoms with van der Waals surface area (Å²) in [6, 6.07) is 21.3. The van der Waals surface area contributed by atoms with Gasteiger partial charge in [-0.2, -0.15) is 0 Å². The fourth-order valence-corrected chi connectivity index (χ4v) is 4.33. The van der Waals surface area contributed by atoms with Gasteiger partial charge in [0.2, 0.25) is 0 Å². The molecule has 0 amide bonds. The van der Waals surface area contributed by atoms with Gasteiger partial charge in [0.25, 0.3) is 0 Å². The standard InChI is InChI=1S/C24H27NO2/c1-4-24(15-21(24)17-10-6-5-7-11-17)25-16-20-19-13-9-8-12-18(19)14-22(26-2)23(20)27-3/h5-14,21,25H,4,15-16H2,1-3H3. The van der Waals surface area contributed by atoms with Crippen molar-refractivity contribution in [1.29, 1.82) is 0 Å². The highest BCUT2D eigenvalue weighted by Gasteiger charge is 2.52. The summed E-state index contributed by atoms with van der Waals surface area (Å²) in [4.78, 5) is 0. The Balaban J connectivity index is 1.65. The van der Waals surface area contributed by atoms with Gasteiger partial charge in [0.1, 0.15) is 0 Å². The van der Waals surface area contributed by atoms with Crippen LogP contribution in [0, 0.1) is 0 Å². The van der Waals surface area contributed by atoms with E-state index in [4.69, 9.17) is 9.47 Å². The Kier molecular flexibility index (Phi) is 4.79. The fraction of sp³-hybridized carbons (Fsp3) is 0.333. The van der Waals surface area contributed by atoms with Crippen LogP contribution in [0.5, 0.6) is 11.5 Å². The third kappa shape index (κ3) is 3.17. The van der Waals surface area contributed by atoms with Gasteiger partial charge in [0.15, 0.2) is 11.5 Å². The summed E-state index contributed by atoms with van der Waals surface area (Å²) in [6.07, 6.45) is 2.29. The maximum atomic E-state index is 5.74. The number of methoxy groups -OCH3 is 2. The Morgan fingerprint density at radius 3 is 2.44 bits per heavy atom. The lowest BCUT2D eigenvalue weighted by Crippen LogP contribution is -2.32. The molecule has 2 atom stereocenters. The molecular formula is C24H27NO2. The Morgan fingerprint density at radius 2 is 1.74 bits per heavy atom. The molecular weight excluding hydrogens is 334 g/mol. The van der Waals surface area contributed by atoms with Gasteiger partial charge in [-0.25, -0.2) is 0 Å². The number of ether oxygens (including phenoxy) is 2. The van der Waals surface area contributed by atoms with Crippen LogP contribution in [0.2, 0.25) is 0 Å². The normalized spacial score (nSPS) is 21.2. The molecule has 1 aliphatic carbocycles. The second-order valence-electron chi connectivity index (χ2n) is 7.34. The quantitative estimate of drug-likeness (QED) is 0.621. The van der Waals surface area contributed by atoms with E-state index in [1.807, 2.05) is 0 Å². The zero-order chi connectivity index (χ0) is 18.9. The molecule has 0 aromatic heterocycles. The van der Waals surface area contributed by atoms with E-state index in [1.165, 1.54) is 28.3 Å². The molecule has 2 unspecified atom stereocenters. The molecule has 3 aromatic carbocycles. The van der Waals surface area contributed by atoms with Gasteiger partial charge in [-0.05, 0) is 35.2 Å². The number of rotatable bonds is 7. The van der Waals surface area contributed by atoms with Crippen molar-refractivity contribution in [3.8, 4) is 11.5 Å². The van der Waals surface area contributed by atoms with Crippen molar-refractivity contribution in [2.24, 2.45) is 0 Å². The van der Waals surface area contributed by atoms with E-state index in [0.29, 0.717) is 5.92 Å². The molecule has 1 aliphatic rings. The Hall–Kier alpha value is -2.52. The van der Waals surface area contributed by atoms with Crippen LogP contribution in [0.3, 0.4) is 0 Å². The van der Waals surface area contributed by atoms with E-state index in [-0.39, 0.29) is 5.54 Å². The summed E-state index contributed by atoms with van der Waals surface area (Å²) < 4.78 is 11.3. The maximum Gasteiger partial charge on any atom is 0.165 e. The predicted octanol–water partition coefficient (Wildman–Crippen LogP) is 5.28. The second-order valence-corrected chi connectivity index (χ2v) is 7.34. The zero-order valence-electron chi connectivity index (χ0n) is 16.3. The number of hydrogen-bond donors (Lipinski definition) is 1. The van der Waals surface area contributed by atoms with Gasteiger partial charge in [-0.15, -0.1) is 0 Å². The van der Waals surface area contributed by atoms with Gasteiger partial charge in [-0.3, -0.25) is 0 Å². The topological polar surface area (TPSA) is 30.5 Å². The summed E-state index contributed by atoms with van der Waals surface area (Å²) >= 11 is 0. The molecule has 0 bridgehead atoms. The van der Waals surface area contributed by atoms with Crippen molar-refractivity contribution < 1.29 is 9.47 Å². The van der Waals surface area contributed by atoms with Gasteiger partial charge >= 0.3 is 0 Å². The SMILES string of the molecule is CCC1(NCc2c(OC)c(OC)cc3ccccc23)CC1c1ccccc1. The summed E-state index contributed by atoms with van der Waals surface area (Å²) in [5.41, 5.74) is 2.75. The largest absolute Gasteiger partial charge is 0.493 e. The van der Waals surface area contributed by atoms with Crippen molar-refractivity contribution in [3.63, 3.8) is 0 Å². The lowest BCUT2D eigenvalue weighted by atomic mass is 10.0. The second kappa shape index (κ2) is 7.24. The smallest absolute Gasteiger partial charge is 0.165 e. The van der Waals surface area contributed by atoms with E-state index in [9.17, 15) is 0 Å². The molecule has 3 nitrogen and oxygen atoms in total. The minimum Gasteiger partial charge on any atom is -0.493 e. The Labute approximate surface area is 161 Å². The fourth-order valence-electron chi connectivity index (χ4n) is 4.33. The lowest BCUT2D eigenvalue weighted by molar-refractivity contribution is 0.350. The molecule has 140 valence electrons. The molecule has 0 saturated heterocycles. The third-order valence-electron chi connectivity index (χ3n) is 6.02. The van der Waals surface area contributed by atoms with Crippen LogP contribution in [-0.2, 0) is 6.54 Å². The molecule has 3 aromatic rings. The summed E-state index contributed by atoms with van der Waals surface area (Å²) in [5.74, 6) is 2.19. The van der Waals surface area contributed by atoms with Gasteiger partial charge < -0.3 is 14.8 Å². The van der Waals surface area contributed by atoms with Crippen LogP contribution >= 0.6 is 0 Å². The predicted molar refractivity (Wildman–Crippen MR) is 111 cm³/mol. The zero-order valence-corrected chi connectivity index (χ0v) is 16.3. The van der Waals surface area contributed by atoms with Gasteiger partial charge in [0.05, 0.1) is 14.2 Å². The van der Waals surface area contributed by atoms with Gasteiger partial charge in [0, 0.05) is 23.6 Å². The first-order chi connectivity index (χ1) is 13.2. The van der Waals surface area contributed by atoms with Crippen LogP contribution in [-0.4, -0.2) is 19.8 Å². The highest BCUT2D eigenvalue weighted by molar-refractivity contribution is 5.90. The number of fused-ring (bicyclic) bond motifs is 1. The van der Waals surface area contributed by atoms with Crippen molar-refractivity contribution in [3.05, 3.63) is 71.8 Å². The van der Waals surface area contributed by atoms with E-state index >= 15 is 0 Å². The summed E-state index contributed by atoms with van der Waals surface area (Å²) in [7, 11) is 3.42. The van der Waals surface area contributed by atoms with Crippen molar-refractivity contribution in [1.82, 2.24) is 5.32 Å². The van der Waals surface area contributed by atoms with Crippen molar-refractivity contribution in [2.45, 2.75) is 37.8 Å². The third-order valence-corrected chi connectivity index (χ3v) is 6.02. The summed E-state index contributed by atoms with van der Waals surface area (Å²) in [6.45, 7) is 3.04. The van der Waals surface area contributed by atoms with E-state index < -0.39 is 0 Å². The molecule has 1 fully saturated rings. The average Bonchev–Trinajstić information content (AvgIpc) is 3.47. The first-order valence-corrected chi connectivity index (χ1v) is 9.65. The maximum absolute atomic E-state index is 5.74. The lowest BCUT2D eigenvalue weighted by Gasteiger charge is -2.21. The van der Waals surface area contributed by atoms with Crippen LogP contribution in [0.15, 0.2) is 60.7 Å². The van der Waals surface area contributed by atoms with E-state index in [1.54, 1.807) is 14.2 Å². The van der Waals surface area contributed by atoms with E-state index in [2.05, 4.69) is 72.9 Å². The Morgan fingerprint density at radius 1 is 1.00 bits per heavy atom. The number of benzene rings is 3. The first-order valence-electron chi connectivity index (χ1n) is 9.65. The van der Waals surface area contributed by atoms with Crippen LogP contribution in [0.4, 0.5) is 0 Å². The Bertz CT molecular complexity index is 938. The minimum absolute atomic E-state index is 0.163. The average molecular weight is 361 g/mol. The molecule has 3 heteroatoms. The van der Waals surface area contributed by atoms with Crippen molar-refractivity contribution >= 4 is 10.8 Å². The molecule has 0 aliphatic heterocycles. The molecule has 0 heterocycles. The molecule has 0 radical (unpaired) electrons. The van der Waals surface area contributed by atoms with E-state index in [0.717, 1.165) is 24.5 Å². The highest BCUT2D eigenvalue weighted by Crippen LogP contribution is 2.54. The highest BCUT2D eigenvalue weighted by atomic mass is 16.5. The van der Waals surface area contributed by atoms with Gasteiger partial charge in [-0.1, -0.05) is 61.5 Å². The number of nitrogens with one attached hydrogen (secondary N) is 1. The van der Waals surface area contributed by atoms with Crippen LogP contribution in [0.1, 0.15) is 36.8 Å². The van der Waals surface area contributed by atoms with Crippen molar-refractivity contribution in [2.75, 3.05) is 14.2 Å². The number of hydrogen-bond acceptors (Lipinski definition) is 3. The molecule has 0 spiro atoms. The molecule has 1 N–H and O–H groups in total. The van der Waals surface area contributed by atoms with Crippen LogP contribution in [0.25, 0.3) is 10.8 Å².